The molecule has 0 saturated carbocycles. The summed E-state index contributed by atoms with van der Waals surface area (Å²) in [7, 11) is 0. The number of anilines is 2. The number of amides is 1. The Bertz CT molecular complexity index is 739. The van der Waals surface area contributed by atoms with E-state index in [1.165, 1.54) is 19.1 Å². The Labute approximate surface area is 133 Å². The molecule has 6 heteroatoms. The number of nitrogen functional groups attached to an aromatic ring is 1. The van der Waals surface area contributed by atoms with Gasteiger partial charge in [0.2, 0.25) is 0 Å². The molecule has 1 amide bonds. The standard InChI is InChI=1S/C17H16N2O4/c1-11(20)13-3-2-4-15(9-13)19-16(21)10-23-17(22)12-5-7-14(18)8-6-12/h2-9H,10,18H2,1H3,(H,19,21). The molecule has 0 aliphatic carbocycles. The Kier molecular flexibility index (Phi) is 5.09. The van der Waals surface area contributed by atoms with Crippen LogP contribution >= 0.6 is 0 Å². The molecule has 0 aliphatic heterocycles. The highest BCUT2D eigenvalue weighted by Gasteiger charge is 2.10. The van der Waals surface area contributed by atoms with Crippen LogP contribution in [0.25, 0.3) is 0 Å². The van der Waals surface area contributed by atoms with Gasteiger partial charge in [0, 0.05) is 16.9 Å². The van der Waals surface area contributed by atoms with Crippen molar-refractivity contribution in [3.05, 3.63) is 59.7 Å². The number of Topliss-reactive ketones (excluding diaryl/α,β-unsaturated/α-hetero) is 1. The first-order valence-corrected chi connectivity index (χ1v) is 6.89. The van der Waals surface area contributed by atoms with Crippen molar-refractivity contribution in [2.45, 2.75) is 6.92 Å². The lowest BCUT2D eigenvalue weighted by atomic mass is 10.1. The number of hydrogen-bond donors (Lipinski definition) is 2. The highest BCUT2D eigenvalue weighted by atomic mass is 16.5. The topological polar surface area (TPSA) is 98.5 Å². The van der Waals surface area contributed by atoms with Gasteiger partial charge in [0.1, 0.15) is 0 Å². The van der Waals surface area contributed by atoms with Crippen LogP contribution in [-0.2, 0) is 9.53 Å². The van der Waals surface area contributed by atoms with Crippen molar-refractivity contribution in [1.82, 2.24) is 0 Å². The van der Waals surface area contributed by atoms with Gasteiger partial charge in [-0.15, -0.1) is 0 Å². The highest BCUT2D eigenvalue weighted by Crippen LogP contribution is 2.11. The summed E-state index contributed by atoms with van der Waals surface area (Å²) in [6.07, 6.45) is 0. The number of nitrogens with two attached hydrogens (primary N) is 1. The molecule has 3 N–H and O–H groups in total. The van der Waals surface area contributed by atoms with Gasteiger partial charge >= 0.3 is 5.97 Å². The monoisotopic (exact) mass is 312 g/mol. The minimum atomic E-state index is -0.613. The zero-order chi connectivity index (χ0) is 16.8. The van der Waals surface area contributed by atoms with Crippen molar-refractivity contribution in [1.29, 1.82) is 0 Å². The number of carbonyl (C=O) groups is 3. The second-order valence-corrected chi connectivity index (χ2v) is 4.88. The Morgan fingerprint density at radius 2 is 1.74 bits per heavy atom. The quantitative estimate of drug-likeness (QED) is 0.501. The smallest absolute Gasteiger partial charge is 0.338 e. The van der Waals surface area contributed by atoms with Crippen molar-refractivity contribution in [3.63, 3.8) is 0 Å². The molecule has 2 rings (SSSR count). The lowest BCUT2D eigenvalue weighted by Gasteiger charge is -2.07. The lowest BCUT2D eigenvalue weighted by molar-refractivity contribution is -0.119. The summed E-state index contributed by atoms with van der Waals surface area (Å²) in [6.45, 7) is 1.02. The third-order valence-electron chi connectivity index (χ3n) is 3.03. The summed E-state index contributed by atoms with van der Waals surface area (Å²) in [5.74, 6) is -1.21. The largest absolute Gasteiger partial charge is 0.452 e. The SMILES string of the molecule is CC(=O)c1cccc(NC(=O)COC(=O)c2ccc(N)cc2)c1. The van der Waals surface area contributed by atoms with E-state index < -0.39 is 18.5 Å². The molecule has 118 valence electrons. The number of carbonyl (C=O) groups excluding carboxylic acids is 3. The van der Waals surface area contributed by atoms with Crippen LogP contribution in [0.4, 0.5) is 11.4 Å². The fourth-order valence-corrected chi connectivity index (χ4v) is 1.85. The van der Waals surface area contributed by atoms with Crippen LogP contribution in [0.15, 0.2) is 48.5 Å². The van der Waals surface area contributed by atoms with Crippen molar-refractivity contribution in [3.8, 4) is 0 Å². The van der Waals surface area contributed by atoms with Crippen LogP contribution in [0.2, 0.25) is 0 Å². The van der Waals surface area contributed by atoms with Gasteiger partial charge in [-0.3, -0.25) is 9.59 Å². The van der Waals surface area contributed by atoms with E-state index in [0.717, 1.165) is 0 Å². The van der Waals surface area contributed by atoms with E-state index in [1.807, 2.05) is 0 Å². The summed E-state index contributed by atoms with van der Waals surface area (Å²) >= 11 is 0. The number of nitrogens with one attached hydrogen (secondary N) is 1. The third-order valence-corrected chi connectivity index (χ3v) is 3.03. The number of ketones is 1. The van der Waals surface area contributed by atoms with Gasteiger partial charge in [-0.25, -0.2) is 4.79 Å². The Morgan fingerprint density at radius 3 is 2.39 bits per heavy atom. The zero-order valence-corrected chi connectivity index (χ0v) is 12.5. The van der Waals surface area contributed by atoms with Gasteiger partial charge in [-0.05, 0) is 43.3 Å². The Morgan fingerprint density at radius 1 is 1.04 bits per heavy atom. The molecule has 0 radical (unpaired) electrons. The molecule has 0 heterocycles. The zero-order valence-electron chi connectivity index (χ0n) is 12.5. The molecule has 2 aromatic carbocycles. The predicted molar refractivity (Wildman–Crippen MR) is 86.2 cm³/mol. The van der Waals surface area contributed by atoms with Crippen molar-refractivity contribution in [2.24, 2.45) is 0 Å². The van der Waals surface area contributed by atoms with E-state index in [1.54, 1.807) is 36.4 Å². The molecule has 6 nitrogen and oxygen atoms in total. The van der Waals surface area contributed by atoms with Gasteiger partial charge in [0.15, 0.2) is 12.4 Å². The van der Waals surface area contributed by atoms with Gasteiger partial charge in [0.25, 0.3) is 5.91 Å². The molecule has 0 unspecified atom stereocenters. The number of ether oxygens (including phenoxy) is 1. The van der Waals surface area contributed by atoms with E-state index in [0.29, 0.717) is 22.5 Å². The minimum absolute atomic E-state index is 0.101. The average Bonchev–Trinajstić information content (AvgIpc) is 2.53. The van der Waals surface area contributed by atoms with Crippen molar-refractivity contribution >= 4 is 29.0 Å². The van der Waals surface area contributed by atoms with Crippen LogP contribution in [0.1, 0.15) is 27.6 Å². The first kappa shape index (κ1) is 16.2. The van der Waals surface area contributed by atoms with E-state index in [2.05, 4.69) is 5.32 Å². The molecule has 0 fully saturated rings. The number of benzene rings is 2. The molecular formula is C17H16N2O4. The molecular weight excluding hydrogens is 296 g/mol. The summed E-state index contributed by atoms with van der Waals surface area (Å²) in [5, 5.41) is 2.56. The highest BCUT2D eigenvalue weighted by molar-refractivity contribution is 5.98. The second-order valence-electron chi connectivity index (χ2n) is 4.88. The normalized spacial score (nSPS) is 9.96. The van der Waals surface area contributed by atoms with Crippen LogP contribution < -0.4 is 11.1 Å². The maximum atomic E-state index is 11.8. The summed E-state index contributed by atoms with van der Waals surface area (Å²) in [4.78, 5) is 34.8. The molecule has 2 aromatic rings. The van der Waals surface area contributed by atoms with E-state index in [9.17, 15) is 14.4 Å². The van der Waals surface area contributed by atoms with Gasteiger partial charge in [0.05, 0.1) is 5.56 Å². The first-order chi connectivity index (χ1) is 11.0. The van der Waals surface area contributed by atoms with Crippen molar-refractivity contribution < 1.29 is 19.1 Å². The van der Waals surface area contributed by atoms with E-state index in [4.69, 9.17) is 10.5 Å². The van der Waals surface area contributed by atoms with E-state index >= 15 is 0 Å². The minimum Gasteiger partial charge on any atom is -0.452 e. The molecule has 0 bridgehead atoms. The van der Waals surface area contributed by atoms with Crippen LogP contribution in [0, 0.1) is 0 Å². The van der Waals surface area contributed by atoms with Gasteiger partial charge in [-0.1, -0.05) is 12.1 Å². The summed E-state index contributed by atoms with van der Waals surface area (Å²) in [5.41, 5.74) is 7.32. The maximum Gasteiger partial charge on any atom is 0.338 e. The fourth-order valence-electron chi connectivity index (χ4n) is 1.85. The third kappa shape index (κ3) is 4.67. The fraction of sp³-hybridized carbons (Fsp3) is 0.118. The molecule has 0 aromatic heterocycles. The molecule has 23 heavy (non-hydrogen) atoms. The van der Waals surface area contributed by atoms with Crippen LogP contribution in [0.5, 0.6) is 0 Å². The van der Waals surface area contributed by atoms with Crippen LogP contribution in [0.3, 0.4) is 0 Å². The summed E-state index contributed by atoms with van der Waals surface area (Å²) in [6, 6.07) is 12.7. The lowest BCUT2D eigenvalue weighted by Crippen LogP contribution is -2.21. The molecule has 0 atom stereocenters. The second kappa shape index (κ2) is 7.22. The number of esters is 1. The Hall–Kier alpha value is -3.15. The average molecular weight is 312 g/mol. The molecule has 0 saturated heterocycles. The first-order valence-electron chi connectivity index (χ1n) is 6.89. The van der Waals surface area contributed by atoms with Crippen molar-refractivity contribution in [2.75, 3.05) is 17.7 Å². The number of rotatable bonds is 5. The number of hydrogen-bond acceptors (Lipinski definition) is 5. The van der Waals surface area contributed by atoms with Crippen LogP contribution in [-0.4, -0.2) is 24.3 Å². The maximum absolute atomic E-state index is 11.8. The van der Waals surface area contributed by atoms with E-state index in [-0.39, 0.29) is 5.78 Å². The van der Waals surface area contributed by atoms with Gasteiger partial charge < -0.3 is 15.8 Å². The predicted octanol–water partition coefficient (Wildman–Crippen LogP) is 2.27. The Balaban J connectivity index is 1.90. The summed E-state index contributed by atoms with van der Waals surface area (Å²) < 4.78 is 4.92. The molecule has 0 aliphatic rings. The van der Waals surface area contributed by atoms with Gasteiger partial charge in [-0.2, -0.15) is 0 Å². The molecule has 0 spiro atoms.